The molecule has 0 bridgehead atoms. The van der Waals surface area contributed by atoms with Gasteiger partial charge in [-0.2, -0.15) is 0 Å². The largest absolute Gasteiger partial charge is 0.491 e. The number of nitrogens with zero attached hydrogens (tertiary/aromatic N) is 1. The Balaban J connectivity index is 1.48. The van der Waals surface area contributed by atoms with Gasteiger partial charge >= 0.3 is 0 Å². The molecule has 3 rings (SSSR count). The van der Waals surface area contributed by atoms with Crippen LogP contribution in [0.25, 0.3) is 22.2 Å². The van der Waals surface area contributed by atoms with Crippen molar-refractivity contribution in [2.75, 3.05) is 33.0 Å². The van der Waals surface area contributed by atoms with Gasteiger partial charge in [0.25, 0.3) is 0 Å². The van der Waals surface area contributed by atoms with Gasteiger partial charge < -0.3 is 14.2 Å². The third-order valence-electron chi connectivity index (χ3n) is 4.52. The Morgan fingerprint density at radius 1 is 0.786 bits per heavy atom. The van der Waals surface area contributed by atoms with Crippen LogP contribution in [0.15, 0.2) is 54.6 Å². The summed E-state index contributed by atoms with van der Waals surface area (Å²) in [5.74, 6) is 0.834. The molecule has 0 aliphatic carbocycles. The van der Waals surface area contributed by atoms with E-state index in [1.54, 1.807) is 0 Å². The van der Waals surface area contributed by atoms with Gasteiger partial charge in [0.2, 0.25) is 0 Å². The molecule has 0 atom stereocenters. The van der Waals surface area contributed by atoms with Gasteiger partial charge in [-0.25, -0.2) is 4.98 Å². The summed E-state index contributed by atoms with van der Waals surface area (Å²) in [7, 11) is 0. The molecule has 0 spiro atoms. The molecular weight excluding hydrogens is 350 g/mol. The van der Waals surface area contributed by atoms with E-state index in [1.165, 1.54) is 5.56 Å². The monoisotopic (exact) mass is 379 g/mol. The van der Waals surface area contributed by atoms with E-state index in [4.69, 9.17) is 19.2 Å². The number of hydrogen-bond donors (Lipinski definition) is 0. The Hall–Kier alpha value is -2.43. The molecule has 0 unspecified atom stereocenters. The van der Waals surface area contributed by atoms with Gasteiger partial charge in [-0.3, -0.25) is 0 Å². The van der Waals surface area contributed by atoms with Crippen molar-refractivity contribution in [3.8, 4) is 17.0 Å². The topological polar surface area (TPSA) is 40.6 Å². The SMILES string of the molecule is CCCCOCCOCCOc1ccc2nc(-c3ccc(C)cc3)ccc2c1. The predicted octanol–water partition coefficient (Wildman–Crippen LogP) is 5.42. The lowest BCUT2D eigenvalue weighted by Crippen LogP contribution is -2.11. The van der Waals surface area contributed by atoms with Crippen molar-refractivity contribution in [2.45, 2.75) is 26.7 Å². The normalized spacial score (nSPS) is 11.1. The molecule has 0 aliphatic heterocycles. The first kappa shape index (κ1) is 20.3. The highest BCUT2D eigenvalue weighted by Crippen LogP contribution is 2.24. The van der Waals surface area contributed by atoms with E-state index in [1.807, 2.05) is 18.2 Å². The average molecular weight is 380 g/mol. The van der Waals surface area contributed by atoms with Crippen molar-refractivity contribution in [1.82, 2.24) is 4.98 Å². The maximum Gasteiger partial charge on any atom is 0.120 e. The average Bonchev–Trinajstić information content (AvgIpc) is 2.72. The highest BCUT2D eigenvalue weighted by Gasteiger charge is 2.03. The number of aryl methyl sites for hydroxylation is 1. The van der Waals surface area contributed by atoms with Crippen molar-refractivity contribution in [3.63, 3.8) is 0 Å². The minimum absolute atomic E-state index is 0.523. The number of unbranched alkanes of at least 4 members (excludes halogenated alkanes) is 1. The van der Waals surface area contributed by atoms with E-state index in [-0.39, 0.29) is 0 Å². The fraction of sp³-hybridized carbons (Fsp3) is 0.375. The summed E-state index contributed by atoms with van der Waals surface area (Å²) >= 11 is 0. The second-order valence-corrected chi connectivity index (χ2v) is 6.84. The lowest BCUT2D eigenvalue weighted by Gasteiger charge is -2.09. The molecule has 1 heterocycles. The van der Waals surface area contributed by atoms with E-state index < -0.39 is 0 Å². The number of fused-ring (bicyclic) bond motifs is 1. The van der Waals surface area contributed by atoms with Gasteiger partial charge in [-0.15, -0.1) is 0 Å². The van der Waals surface area contributed by atoms with Crippen LogP contribution in [-0.4, -0.2) is 38.0 Å². The molecule has 28 heavy (non-hydrogen) atoms. The van der Waals surface area contributed by atoms with Crippen molar-refractivity contribution < 1.29 is 14.2 Å². The Morgan fingerprint density at radius 3 is 2.32 bits per heavy atom. The fourth-order valence-corrected chi connectivity index (χ4v) is 2.87. The maximum absolute atomic E-state index is 5.79. The highest BCUT2D eigenvalue weighted by atomic mass is 16.5. The molecule has 1 aromatic heterocycles. The zero-order valence-corrected chi connectivity index (χ0v) is 16.8. The van der Waals surface area contributed by atoms with Crippen LogP contribution < -0.4 is 4.74 Å². The van der Waals surface area contributed by atoms with Crippen LogP contribution in [0.5, 0.6) is 5.75 Å². The third-order valence-corrected chi connectivity index (χ3v) is 4.52. The molecular formula is C24H29NO3. The summed E-state index contributed by atoms with van der Waals surface area (Å²) in [6.45, 7) is 7.39. The van der Waals surface area contributed by atoms with Gasteiger partial charge in [0.15, 0.2) is 0 Å². The van der Waals surface area contributed by atoms with Crippen molar-refractivity contribution in [1.29, 1.82) is 0 Å². The molecule has 148 valence electrons. The zero-order chi connectivity index (χ0) is 19.6. The van der Waals surface area contributed by atoms with Crippen LogP contribution in [0.1, 0.15) is 25.3 Å². The molecule has 0 aliphatic rings. The standard InChI is InChI=1S/C24H29NO3/c1-3-4-13-26-14-15-27-16-17-28-22-10-12-24-21(18-22)9-11-23(25-24)20-7-5-19(2)6-8-20/h5-12,18H,3-4,13-17H2,1-2H3. The van der Waals surface area contributed by atoms with Gasteiger partial charge in [-0.05, 0) is 37.6 Å². The molecule has 4 heteroatoms. The summed E-state index contributed by atoms with van der Waals surface area (Å²) in [6, 6.07) is 18.6. The second-order valence-electron chi connectivity index (χ2n) is 6.84. The van der Waals surface area contributed by atoms with Crippen LogP contribution in [-0.2, 0) is 9.47 Å². The van der Waals surface area contributed by atoms with Crippen molar-refractivity contribution >= 4 is 10.9 Å². The number of hydrogen-bond acceptors (Lipinski definition) is 4. The van der Waals surface area contributed by atoms with E-state index in [0.29, 0.717) is 26.4 Å². The van der Waals surface area contributed by atoms with E-state index in [9.17, 15) is 0 Å². The lowest BCUT2D eigenvalue weighted by molar-refractivity contribution is 0.0356. The lowest BCUT2D eigenvalue weighted by atomic mass is 10.1. The third kappa shape index (κ3) is 6.04. The van der Waals surface area contributed by atoms with Gasteiger partial charge in [0, 0.05) is 17.6 Å². The predicted molar refractivity (Wildman–Crippen MR) is 114 cm³/mol. The van der Waals surface area contributed by atoms with E-state index >= 15 is 0 Å². The Morgan fingerprint density at radius 2 is 1.54 bits per heavy atom. The van der Waals surface area contributed by atoms with Crippen molar-refractivity contribution in [2.24, 2.45) is 0 Å². The smallest absolute Gasteiger partial charge is 0.120 e. The maximum atomic E-state index is 5.79. The Kier molecular flexibility index (Phi) is 7.82. The summed E-state index contributed by atoms with van der Waals surface area (Å²) < 4.78 is 16.8. The summed E-state index contributed by atoms with van der Waals surface area (Å²) in [6.07, 6.45) is 2.26. The van der Waals surface area contributed by atoms with Crippen LogP contribution in [0.2, 0.25) is 0 Å². The zero-order valence-electron chi connectivity index (χ0n) is 16.8. The van der Waals surface area contributed by atoms with Crippen LogP contribution in [0.3, 0.4) is 0 Å². The Bertz CT molecular complexity index is 861. The number of pyridine rings is 1. The number of rotatable bonds is 11. The number of ether oxygens (including phenoxy) is 3. The van der Waals surface area contributed by atoms with Crippen LogP contribution >= 0.6 is 0 Å². The van der Waals surface area contributed by atoms with Gasteiger partial charge in [0.1, 0.15) is 12.4 Å². The highest BCUT2D eigenvalue weighted by molar-refractivity contribution is 5.82. The number of aromatic nitrogens is 1. The van der Waals surface area contributed by atoms with E-state index in [0.717, 1.165) is 47.4 Å². The fourth-order valence-electron chi connectivity index (χ4n) is 2.87. The summed E-state index contributed by atoms with van der Waals surface area (Å²) in [5.41, 5.74) is 4.32. The minimum atomic E-state index is 0.523. The molecule has 0 N–H and O–H groups in total. The van der Waals surface area contributed by atoms with E-state index in [2.05, 4.69) is 50.2 Å². The molecule has 3 aromatic rings. The van der Waals surface area contributed by atoms with Crippen LogP contribution in [0.4, 0.5) is 0 Å². The molecule has 0 radical (unpaired) electrons. The number of benzene rings is 2. The molecule has 0 fully saturated rings. The van der Waals surface area contributed by atoms with Crippen LogP contribution in [0, 0.1) is 6.92 Å². The summed E-state index contributed by atoms with van der Waals surface area (Å²) in [4.78, 5) is 4.77. The molecule has 4 nitrogen and oxygen atoms in total. The van der Waals surface area contributed by atoms with Crippen molar-refractivity contribution in [3.05, 3.63) is 60.2 Å². The second kappa shape index (κ2) is 10.8. The first-order chi connectivity index (χ1) is 13.8. The molecule has 0 amide bonds. The quantitative estimate of drug-likeness (QED) is 0.417. The molecule has 2 aromatic carbocycles. The minimum Gasteiger partial charge on any atom is -0.491 e. The van der Waals surface area contributed by atoms with Gasteiger partial charge in [0.05, 0.1) is 31.0 Å². The molecule has 0 saturated heterocycles. The summed E-state index contributed by atoms with van der Waals surface area (Å²) in [5, 5.41) is 1.07. The molecule has 0 saturated carbocycles. The first-order valence-corrected chi connectivity index (χ1v) is 10.0. The Labute approximate surface area is 167 Å². The first-order valence-electron chi connectivity index (χ1n) is 10.0. The van der Waals surface area contributed by atoms with Gasteiger partial charge in [-0.1, -0.05) is 49.2 Å².